The number of carbonyl (C=O) groups is 3. The summed E-state index contributed by atoms with van der Waals surface area (Å²) in [6, 6.07) is 13.1. The molecule has 3 heterocycles. The van der Waals surface area contributed by atoms with Gasteiger partial charge in [-0.1, -0.05) is 24.3 Å². The van der Waals surface area contributed by atoms with Crippen molar-refractivity contribution in [3.63, 3.8) is 0 Å². The van der Waals surface area contributed by atoms with Crippen molar-refractivity contribution in [3.05, 3.63) is 77.0 Å². The van der Waals surface area contributed by atoms with Crippen molar-refractivity contribution >= 4 is 17.7 Å². The lowest BCUT2D eigenvalue weighted by atomic mass is 10.1. The van der Waals surface area contributed by atoms with Gasteiger partial charge < -0.3 is 20.0 Å². The summed E-state index contributed by atoms with van der Waals surface area (Å²) in [7, 11) is 0. The molecule has 2 aromatic heterocycles. The molecule has 9 heteroatoms. The second-order valence-electron chi connectivity index (χ2n) is 8.01. The number of fused-ring (bicyclic) bond motifs is 1. The van der Waals surface area contributed by atoms with Crippen LogP contribution in [-0.4, -0.2) is 45.5 Å². The van der Waals surface area contributed by atoms with Gasteiger partial charge in [0.2, 0.25) is 5.91 Å². The molecule has 1 aliphatic rings. The lowest BCUT2D eigenvalue weighted by molar-refractivity contribution is -0.121. The Bertz CT molecular complexity index is 1140. The van der Waals surface area contributed by atoms with Crippen LogP contribution in [0.4, 0.5) is 0 Å². The predicted octanol–water partition coefficient (Wildman–Crippen LogP) is 2.27. The molecule has 0 bridgehead atoms. The predicted molar refractivity (Wildman–Crippen MR) is 120 cm³/mol. The van der Waals surface area contributed by atoms with E-state index in [1.54, 1.807) is 28.0 Å². The molecular weight excluding hydrogens is 422 g/mol. The fourth-order valence-electron chi connectivity index (χ4n) is 3.76. The summed E-state index contributed by atoms with van der Waals surface area (Å²) in [5, 5.41) is 9.76. The third-order valence-corrected chi connectivity index (χ3v) is 5.62. The van der Waals surface area contributed by atoms with Gasteiger partial charge in [0.1, 0.15) is 11.5 Å². The minimum Gasteiger partial charge on any atom is -0.467 e. The van der Waals surface area contributed by atoms with Crippen molar-refractivity contribution < 1.29 is 18.8 Å². The molecule has 0 aliphatic carbocycles. The lowest BCUT2D eigenvalue weighted by Gasteiger charge is -2.21. The number of aryl methyl sites for hydroxylation is 2. The fraction of sp³-hybridized carbons (Fsp3) is 0.333. The van der Waals surface area contributed by atoms with Gasteiger partial charge in [0.05, 0.1) is 12.8 Å². The second-order valence-corrected chi connectivity index (χ2v) is 8.01. The molecule has 0 unspecified atom stereocenters. The number of amides is 3. The van der Waals surface area contributed by atoms with E-state index in [1.807, 2.05) is 31.2 Å². The van der Waals surface area contributed by atoms with Gasteiger partial charge in [0.15, 0.2) is 5.69 Å². The third-order valence-electron chi connectivity index (χ3n) is 5.62. The van der Waals surface area contributed by atoms with E-state index in [9.17, 15) is 14.4 Å². The van der Waals surface area contributed by atoms with Gasteiger partial charge in [-0.15, -0.1) is 0 Å². The minimum atomic E-state index is -0.410. The number of nitrogens with zero attached hydrogens (tertiary/aromatic N) is 3. The van der Waals surface area contributed by atoms with E-state index in [4.69, 9.17) is 4.42 Å². The van der Waals surface area contributed by atoms with Gasteiger partial charge in [0.25, 0.3) is 11.8 Å². The van der Waals surface area contributed by atoms with Gasteiger partial charge in [-0.3, -0.25) is 19.1 Å². The van der Waals surface area contributed by atoms with Crippen molar-refractivity contribution in [2.24, 2.45) is 0 Å². The van der Waals surface area contributed by atoms with E-state index >= 15 is 0 Å². The molecule has 172 valence electrons. The van der Waals surface area contributed by atoms with Crippen LogP contribution in [0.3, 0.4) is 0 Å². The number of nitrogens with one attached hydrogen (secondary N) is 2. The molecular formula is C24H27N5O4. The maximum atomic E-state index is 13.1. The summed E-state index contributed by atoms with van der Waals surface area (Å²) in [4.78, 5) is 39.4. The monoisotopic (exact) mass is 449 g/mol. The summed E-state index contributed by atoms with van der Waals surface area (Å²) in [6.45, 7) is 4.21. The Morgan fingerprint density at radius 1 is 1.12 bits per heavy atom. The van der Waals surface area contributed by atoms with E-state index in [0.29, 0.717) is 37.6 Å². The summed E-state index contributed by atoms with van der Waals surface area (Å²) in [5.41, 5.74) is 2.81. The molecule has 0 radical (unpaired) electrons. The summed E-state index contributed by atoms with van der Waals surface area (Å²) in [5.74, 6) is -0.0883. The summed E-state index contributed by atoms with van der Waals surface area (Å²) in [6.07, 6.45) is 2.42. The zero-order valence-electron chi connectivity index (χ0n) is 18.5. The molecule has 33 heavy (non-hydrogen) atoms. The van der Waals surface area contributed by atoms with E-state index in [-0.39, 0.29) is 30.5 Å². The molecule has 0 spiro atoms. The Labute approximate surface area is 191 Å². The van der Waals surface area contributed by atoms with Crippen LogP contribution in [0.1, 0.15) is 50.7 Å². The second kappa shape index (κ2) is 10.2. The van der Waals surface area contributed by atoms with Gasteiger partial charge in [0, 0.05) is 38.7 Å². The van der Waals surface area contributed by atoms with Gasteiger partial charge >= 0.3 is 0 Å². The zero-order valence-corrected chi connectivity index (χ0v) is 18.5. The van der Waals surface area contributed by atoms with E-state index in [2.05, 4.69) is 15.7 Å². The Balaban J connectivity index is 1.32. The van der Waals surface area contributed by atoms with E-state index in [0.717, 1.165) is 17.5 Å². The first kappa shape index (κ1) is 22.3. The Morgan fingerprint density at radius 3 is 2.76 bits per heavy atom. The molecule has 0 saturated heterocycles. The number of rotatable bonds is 8. The smallest absolute Gasteiger partial charge is 0.272 e. The SMILES string of the molecule is Cc1ccccc1CN1CCCn2nc(C(=O)NCCC(=O)NCc3ccco3)cc2C1=O. The zero-order chi connectivity index (χ0) is 23.2. The van der Waals surface area contributed by atoms with Gasteiger partial charge in [-0.05, 0) is 36.6 Å². The molecule has 0 saturated carbocycles. The summed E-state index contributed by atoms with van der Waals surface area (Å²) < 4.78 is 6.76. The van der Waals surface area contributed by atoms with E-state index < -0.39 is 5.91 Å². The highest BCUT2D eigenvalue weighted by Crippen LogP contribution is 2.18. The van der Waals surface area contributed by atoms with Crippen LogP contribution in [0.25, 0.3) is 0 Å². The number of hydrogen-bond donors (Lipinski definition) is 2. The molecule has 9 nitrogen and oxygen atoms in total. The lowest BCUT2D eigenvalue weighted by Crippen LogP contribution is -2.31. The number of hydrogen-bond acceptors (Lipinski definition) is 5. The average molecular weight is 450 g/mol. The minimum absolute atomic E-state index is 0.128. The highest BCUT2D eigenvalue weighted by atomic mass is 16.3. The highest BCUT2D eigenvalue weighted by Gasteiger charge is 2.26. The highest BCUT2D eigenvalue weighted by molar-refractivity contribution is 5.98. The fourth-order valence-corrected chi connectivity index (χ4v) is 3.76. The number of furan rings is 1. The molecule has 3 aromatic rings. The van der Waals surface area contributed by atoms with E-state index in [1.165, 1.54) is 6.07 Å². The quantitative estimate of drug-likeness (QED) is 0.548. The van der Waals surface area contributed by atoms with Crippen LogP contribution in [-0.2, 0) is 24.4 Å². The summed E-state index contributed by atoms with van der Waals surface area (Å²) >= 11 is 0. The van der Waals surface area contributed by atoms with Crippen molar-refractivity contribution in [2.45, 2.75) is 39.4 Å². The molecule has 0 atom stereocenters. The third kappa shape index (κ3) is 5.49. The Kier molecular flexibility index (Phi) is 6.87. The van der Waals surface area contributed by atoms with Gasteiger partial charge in [-0.2, -0.15) is 5.10 Å². The van der Waals surface area contributed by atoms with Crippen LogP contribution in [0.5, 0.6) is 0 Å². The van der Waals surface area contributed by atoms with Crippen LogP contribution in [0.2, 0.25) is 0 Å². The Morgan fingerprint density at radius 2 is 1.97 bits per heavy atom. The molecule has 1 aliphatic heterocycles. The van der Waals surface area contributed by atoms with Crippen molar-refractivity contribution in [1.82, 2.24) is 25.3 Å². The average Bonchev–Trinajstić information content (AvgIpc) is 3.45. The maximum Gasteiger partial charge on any atom is 0.272 e. The standard InChI is InChI=1S/C24H27N5O4/c1-17-6-2-3-7-18(17)16-28-11-5-12-29-21(24(28)32)14-20(27-29)23(31)25-10-9-22(30)26-15-19-8-4-13-33-19/h2-4,6-8,13-14H,5,9-12,15-16H2,1H3,(H,25,31)(H,26,30). The number of benzene rings is 1. The first-order valence-corrected chi connectivity index (χ1v) is 11.0. The maximum absolute atomic E-state index is 13.1. The molecule has 4 rings (SSSR count). The van der Waals surface area contributed by atoms with Crippen molar-refractivity contribution in [2.75, 3.05) is 13.1 Å². The van der Waals surface area contributed by atoms with Crippen LogP contribution >= 0.6 is 0 Å². The Hall–Kier alpha value is -3.88. The first-order valence-electron chi connectivity index (χ1n) is 11.0. The molecule has 0 fully saturated rings. The van der Waals surface area contributed by atoms with Crippen LogP contribution in [0, 0.1) is 6.92 Å². The number of carbonyl (C=O) groups excluding carboxylic acids is 3. The first-order chi connectivity index (χ1) is 16.0. The molecule has 2 N–H and O–H groups in total. The van der Waals surface area contributed by atoms with Crippen LogP contribution in [0.15, 0.2) is 53.1 Å². The van der Waals surface area contributed by atoms with Crippen molar-refractivity contribution in [1.29, 1.82) is 0 Å². The molecule has 3 amide bonds. The van der Waals surface area contributed by atoms with Gasteiger partial charge in [-0.25, -0.2) is 0 Å². The normalized spacial score (nSPS) is 13.4. The topological polar surface area (TPSA) is 109 Å². The largest absolute Gasteiger partial charge is 0.467 e. The molecule has 1 aromatic carbocycles. The van der Waals surface area contributed by atoms with Crippen molar-refractivity contribution in [3.8, 4) is 0 Å². The number of aromatic nitrogens is 2. The van der Waals surface area contributed by atoms with Crippen LogP contribution < -0.4 is 10.6 Å².